The lowest BCUT2D eigenvalue weighted by Gasteiger charge is -2.21. The van der Waals surface area contributed by atoms with Crippen molar-refractivity contribution in [2.45, 2.75) is 70.1 Å². The summed E-state index contributed by atoms with van der Waals surface area (Å²) < 4.78 is 47.6. The van der Waals surface area contributed by atoms with E-state index in [0.29, 0.717) is 44.2 Å². The first-order chi connectivity index (χ1) is 15.3. The second-order valence-electron chi connectivity index (χ2n) is 9.47. The molecule has 1 heterocycles. The molecular weight excluding hydrogens is 453 g/mol. The highest BCUT2D eigenvalue weighted by Gasteiger charge is 2.47. The number of nitrogens with one attached hydrogen (secondary N) is 2. The highest BCUT2D eigenvalue weighted by molar-refractivity contribution is 7.89. The molecule has 2 aliphatic rings. The smallest absolute Gasteiger partial charge is 0.324 e. The quantitative estimate of drug-likeness (QED) is 0.307. The van der Waals surface area contributed by atoms with Crippen LogP contribution in [0.3, 0.4) is 0 Å². The maximum Gasteiger partial charge on any atom is 0.324 e. The summed E-state index contributed by atoms with van der Waals surface area (Å²) in [6, 6.07) is 3.35. The molecule has 0 unspecified atom stereocenters. The van der Waals surface area contributed by atoms with Crippen molar-refractivity contribution < 1.29 is 32.2 Å². The van der Waals surface area contributed by atoms with Gasteiger partial charge in [-0.3, -0.25) is 10.1 Å². The summed E-state index contributed by atoms with van der Waals surface area (Å²) in [6.45, 7) is 5.04. The minimum Gasteiger partial charge on any atom is -0.488 e. The van der Waals surface area contributed by atoms with Gasteiger partial charge < -0.3 is 14.7 Å². The van der Waals surface area contributed by atoms with Crippen molar-refractivity contribution in [2.75, 3.05) is 18.9 Å². The number of rotatable bonds is 12. The van der Waals surface area contributed by atoms with Gasteiger partial charge in [0, 0.05) is 6.54 Å². The van der Waals surface area contributed by atoms with Gasteiger partial charge in [0.1, 0.15) is 12.6 Å². The molecule has 1 aliphatic heterocycles. The molecule has 1 aliphatic carbocycles. The van der Waals surface area contributed by atoms with Crippen molar-refractivity contribution in [3.05, 3.63) is 29.6 Å². The number of halogens is 1. The number of hydrogen-bond donors (Lipinski definition) is 3. The topological polar surface area (TPSA) is 125 Å². The van der Waals surface area contributed by atoms with E-state index in [9.17, 15) is 27.5 Å². The minimum atomic E-state index is -3.58. The van der Waals surface area contributed by atoms with E-state index < -0.39 is 39.1 Å². The molecule has 1 aromatic rings. The Bertz CT molecular complexity index is 1000. The summed E-state index contributed by atoms with van der Waals surface area (Å²) >= 11 is 0. The number of imide groups is 1. The molecule has 1 aromatic carbocycles. The van der Waals surface area contributed by atoms with Crippen LogP contribution in [0.25, 0.3) is 0 Å². The minimum absolute atomic E-state index is 0.0289. The van der Waals surface area contributed by atoms with Gasteiger partial charge in [-0.05, 0) is 64.2 Å². The fraction of sp³-hybridized carbons (Fsp3) is 0.636. The van der Waals surface area contributed by atoms with Gasteiger partial charge in [-0.2, -0.15) is 0 Å². The molecule has 1 saturated carbocycles. The molecule has 11 heteroatoms. The summed E-state index contributed by atoms with van der Waals surface area (Å²) in [5.41, 5.74) is -1.28. The molecule has 0 radical (unpaired) electrons. The molecule has 0 aromatic heterocycles. The first kappa shape index (κ1) is 25.4. The van der Waals surface area contributed by atoms with Gasteiger partial charge >= 0.3 is 6.03 Å². The van der Waals surface area contributed by atoms with Gasteiger partial charge in [-0.15, -0.1) is 0 Å². The van der Waals surface area contributed by atoms with Crippen molar-refractivity contribution in [2.24, 2.45) is 0 Å². The van der Waals surface area contributed by atoms with Gasteiger partial charge in [-0.1, -0.05) is 12.5 Å². The molecule has 0 bridgehead atoms. The maximum atomic E-state index is 14.1. The summed E-state index contributed by atoms with van der Waals surface area (Å²) in [5, 5.41) is 12.1. The third-order valence-electron chi connectivity index (χ3n) is 5.82. The van der Waals surface area contributed by atoms with Crippen LogP contribution in [0.5, 0.6) is 5.75 Å². The Labute approximate surface area is 193 Å². The lowest BCUT2D eigenvalue weighted by molar-refractivity contribution is -0.121. The van der Waals surface area contributed by atoms with E-state index in [2.05, 4.69) is 10.0 Å². The van der Waals surface area contributed by atoms with Crippen LogP contribution in [0.1, 0.15) is 58.4 Å². The van der Waals surface area contributed by atoms with E-state index in [1.807, 2.05) is 0 Å². The Balaban J connectivity index is 1.51. The highest BCUT2D eigenvalue weighted by atomic mass is 32.2. The summed E-state index contributed by atoms with van der Waals surface area (Å²) in [4.78, 5) is 24.6. The van der Waals surface area contributed by atoms with Crippen molar-refractivity contribution in [3.63, 3.8) is 0 Å². The Kier molecular flexibility index (Phi) is 7.35. The van der Waals surface area contributed by atoms with Crippen molar-refractivity contribution >= 4 is 22.0 Å². The second kappa shape index (κ2) is 9.55. The van der Waals surface area contributed by atoms with E-state index in [4.69, 9.17) is 4.74 Å². The molecular formula is C22H32FN3O6S. The molecule has 1 atom stereocenters. The van der Waals surface area contributed by atoms with Crippen LogP contribution in [0.2, 0.25) is 0 Å². The lowest BCUT2D eigenvalue weighted by Crippen LogP contribution is -2.36. The fourth-order valence-corrected chi connectivity index (χ4v) is 5.34. The molecule has 33 heavy (non-hydrogen) atoms. The van der Waals surface area contributed by atoms with Gasteiger partial charge in [0.2, 0.25) is 10.0 Å². The van der Waals surface area contributed by atoms with Crippen LogP contribution < -0.4 is 14.8 Å². The van der Waals surface area contributed by atoms with Crippen LogP contribution in [-0.4, -0.2) is 60.9 Å². The van der Waals surface area contributed by atoms with Gasteiger partial charge in [0.25, 0.3) is 5.91 Å². The molecule has 3 N–H and O–H groups in total. The number of carbonyl (C=O) groups is 2. The van der Waals surface area contributed by atoms with E-state index in [1.54, 1.807) is 26.8 Å². The number of unbranched alkanes of at least 4 members (excludes halogenated alkanes) is 2. The number of urea groups is 1. The molecule has 2 fully saturated rings. The normalized spacial score (nSPS) is 20.2. The molecule has 1 saturated heterocycles. The number of amides is 3. The lowest BCUT2D eigenvalue weighted by atomic mass is 10.1. The largest absolute Gasteiger partial charge is 0.488 e. The first-order valence-corrected chi connectivity index (χ1v) is 12.8. The predicted octanol–water partition coefficient (Wildman–Crippen LogP) is 1.99. The van der Waals surface area contributed by atoms with E-state index in [-0.39, 0.29) is 24.0 Å². The number of benzene rings is 1. The second-order valence-corrected chi connectivity index (χ2v) is 11.3. The van der Waals surface area contributed by atoms with Crippen LogP contribution in [0.15, 0.2) is 18.2 Å². The molecule has 3 rings (SSSR count). The van der Waals surface area contributed by atoms with Gasteiger partial charge in [0.15, 0.2) is 11.6 Å². The zero-order valence-corrected chi connectivity index (χ0v) is 20.0. The number of aliphatic hydroxyl groups is 1. The average molecular weight is 486 g/mol. The summed E-state index contributed by atoms with van der Waals surface area (Å²) in [6.07, 6.45) is 2.78. The molecule has 9 nitrogen and oxygen atoms in total. The maximum absolute atomic E-state index is 14.1. The molecule has 3 amide bonds. The van der Waals surface area contributed by atoms with E-state index >= 15 is 0 Å². The van der Waals surface area contributed by atoms with Crippen LogP contribution in [-0.2, 0) is 20.4 Å². The van der Waals surface area contributed by atoms with Gasteiger partial charge in [0.05, 0.1) is 16.9 Å². The third-order valence-corrected chi connectivity index (χ3v) is 7.34. The standard InChI is InChI=1S/C22H32FN3O6S/c1-15-19(27)24-20(28)26(15)11-5-4-6-12-33(30,31)25-22(9-10-22)16-7-8-17(23)18(13-16)32-14-21(2,3)29/h7-8,13,15,25,29H,4-6,9-12,14H2,1-3H3,(H,24,27,28)/t15-/m0/s1. The Morgan fingerprint density at radius 2 is 1.97 bits per heavy atom. The van der Waals surface area contributed by atoms with Crippen LogP contribution in [0, 0.1) is 5.82 Å². The number of sulfonamides is 1. The van der Waals surface area contributed by atoms with Crippen LogP contribution >= 0.6 is 0 Å². The Morgan fingerprint density at radius 3 is 2.55 bits per heavy atom. The molecule has 184 valence electrons. The number of carbonyl (C=O) groups excluding carboxylic acids is 2. The zero-order valence-electron chi connectivity index (χ0n) is 19.2. The van der Waals surface area contributed by atoms with Gasteiger partial charge in [-0.25, -0.2) is 22.3 Å². The zero-order chi connectivity index (χ0) is 24.4. The van der Waals surface area contributed by atoms with E-state index in [1.165, 1.54) is 17.0 Å². The Hall–Kier alpha value is -2.24. The van der Waals surface area contributed by atoms with Crippen LogP contribution in [0.4, 0.5) is 9.18 Å². The highest BCUT2D eigenvalue weighted by Crippen LogP contribution is 2.47. The van der Waals surface area contributed by atoms with E-state index in [0.717, 1.165) is 0 Å². The summed E-state index contributed by atoms with van der Waals surface area (Å²) in [7, 11) is -3.58. The Morgan fingerprint density at radius 1 is 1.27 bits per heavy atom. The number of hydrogen-bond acceptors (Lipinski definition) is 6. The number of ether oxygens (including phenoxy) is 1. The number of nitrogens with zero attached hydrogens (tertiary/aromatic N) is 1. The summed E-state index contributed by atoms with van der Waals surface area (Å²) in [5.74, 6) is -1.00. The third kappa shape index (κ3) is 6.64. The van der Waals surface area contributed by atoms with Crippen molar-refractivity contribution in [1.82, 2.24) is 14.9 Å². The fourth-order valence-electron chi connectivity index (χ4n) is 3.73. The van der Waals surface area contributed by atoms with Crippen molar-refractivity contribution in [3.8, 4) is 5.75 Å². The monoisotopic (exact) mass is 485 g/mol. The molecule has 0 spiro atoms. The first-order valence-electron chi connectivity index (χ1n) is 11.1. The average Bonchev–Trinajstić information content (AvgIpc) is 3.43. The predicted molar refractivity (Wildman–Crippen MR) is 120 cm³/mol. The van der Waals surface area contributed by atoms with Crippen molar-refractivity contribution in [1.29, 1.82) is 0 Å². The SMILES string of the molecule is C[C@H]1C(=O)NC(=O)N1CCCCCS(=O)(=O)NC1(c2ccc(F)c(OCC(C)(C)O)c2)CC1.